The van der Waals surface area contributed by atoms with Gasteiger partial charge in [-0.1, -0.05) is 30.3 Å². The molecule has 0 bridgehead atoms. The lowest BCUT2D eigenvalue weighted by atomic mass is 10.1. The van der Waals surface area contributed by atoms with Crippen LogP contribution in [0, 0.1) is 5.41 Å². The Bertz CT molecular complexity index is 282. The van der Waals surface area contributed by atoms with E-state index in [4.69, 9.17) is 5.41 Å². The summed E-state index contributed by atoms with van der Waals surface area (Å²) in [5.74, 6) is 0. The highest BCUT2D eigenvalue weighted by atomic mass is 14.4. The third kappa shape index (κ3) is 2.06. The predicted octanol–water partition coefficient (Wildman–Crippen LogP) is 2.80. The minimum absolute atomic E-state index is 0.611. The molecule has 1 heteroatoms. The van der Waals surface area contributed by atoms with Gasteiger partial charge in [-0.15, -0.1) is 6.58 Å². The van der Waals surface area contributed by atoms with Crippen LogP contribution in [0.4, 0.5) is 0 Å². The smallest absolute Gasteiger partial charge is 0.0355 e. The minimum atomic E-state index is 0.611. The molecular formula is C11H13N. The molecule has 1 nitrogen and oxygen atoms in total. The van der Waals surface area contributed by atoms with Crippen LogP contribution in [0.3, 0.4) is 0 Å². The SMILES string of the molecule is C=CCc1ccc(C(C)=N)cc1. The highest BCUT2D eigenvalue weighted by Gasteiger charge is 1.93. The average Bonchev–Trinajstić information content (AvgIpc) is 2.06. The highest BCUT2D eigenvalue weighted by Crippen LogP contribution is 2.05. The van der Waals surface area contributed by atoms with Crippen molar-refractivity contribution in [3.63, 3.8) is 0 Å². The molecule has 1 N–H and O–H groups in total. The van der Waals surface area contributed by atoms with Crippen molar-refractivity contribution in [1.82, 2.24) is 0 Å². The largest absolute Gasteiger partial charge is 0.305 e. The summed E-state index contributed by atoms with van der Waals surface area (Å²) in [5, 5.41) is 7.39. The van der Waals surface area contributed by atoms with Gasteiger partial charge in [0, 0.05) is 5.71 Å². The maximum atomic E-state index is 7.39. The lowest BCUT2D eigenvalue weighted by Crippen LogP contribution is -1.91. The van der Waals surface area contributed by atoms with E-state index in [0.29, 0.717) is 5.71 Å². The first-order valence-electron chi connectivity index (χ1n) is 3.99. The van der Waals surface area contributed by atoms with Crippen LogP contribution in [0.25, 0.3) is 0 Å². The van der Waals surface area contributed by atoms with E-state index in [9.17, 15) is 0 Å². The van der Waals surface area contributed by atoms with E-state index in [1.54, 1.807) is 6.92 Å². The monoisotopic (exact) mass is 159 g/mol. The van der Waals surface area contributed by atoms with Gasteiger partial charge in [0.2, 0.25) is 0 Å². The third-order valence-corrected chi connectivity index (χ3v) is 1.77. The van der Waals surface area contributed by atoms with Crippen molar-refractivity contribution in [1.29, 1.82) is 5.41 Å². The summed E-state index contributed by atoms with van der Waals surface area (Å²) in [6.07, 6.45) is 2.78. The van der Waals surface area contributed by atoms with Gasteiger partial charge < -0.3 is 5.41 Å². The zero-order chi connectivity index (χ0) is 8.97. The molecule has 1 aromatic rings. The van der Waals surface area contributed by atoms with Crippen LogP contribution in [0.15, 0.2) is 36.9 Å². The number of hydrogen-bond donors (Lipinski definition) is 1. The molecule has 0 amide bonds. The molecule has 0 aliphatic rings. The van der Waals surface area contributed by atoms with Crippen molar-refractivity contribution < 1.29 is 0 Å². The summed E-state index contributed by atoms with van der Waals surface area (Å²) in [6.45, 7) is 5.47. The van der Waals surface area contributed by atoms with Gasteiger partial charge in [0.25, 0.3) is 0 Å². The molecule has 1 aromatic carbocycles. The molecule has 1 rings (SSSR count). The van der Waals surface area contributed by atoms with E-state index in [0.717, 1.165) is 12.0 Å². The summed E-state index contributed by atoms with van der Waals surface area (Å²) in [4.78, 5) is 0. The first-order chi connectivity index (χ1) is 5.74. The Labute approximate surface area is 73.3 Å². The van der Waals surface area contributed by atoms with Crippen molar-refractivity contribution in [3.8, 4) is 0 Å². The molecule has 12 heavy (non-hydrogen) atoms. The summed E-state index contributed by atoms with van der Waals surface area (Å²) in [7, 11) is 0. The van der Waals surface area contributed by atoms with Crippen molar-refractivity contribution in [2.24, 2.45) is 0 Å². The van der Waals surface area contributed by atoms with E-state index in [-0.39, 0.29) is 0 Å². The second-order valence-electron chi connectivity index (χ2n) is 2.81. The Hall–Kier alpha value is -1.37. The van der Waals surface area contributed by atoms with Gasteiger partial charge in [0.1, 0.15) is 0 Å². The van der Waals surface area contributed by atoms with Gasteiger partial charge in [-0.3, -0.25) is 0 Å². The van der Waals surface area contributed by atoms with E-state index in [1.807, 2.05) is 30.3 Å². The van der Waals surface area contributed by atoms with Crippen LogP contribution >= 0.6 is 0 Å². The molecule has 62 valence electrons. The van der Waals surface area contributed by atoms with Crippen molar-refractivity contribution >= 4 is 5.71 Å². The molecule has 0 aromatic heterocycles. The second kappa shape index (κ2) is 3.86. The van der Waals surface area contributed by atoms with E-state index in [2.05, 4.69) is 6.58 Å². The van der Waals surface area contributed by atoms with Gasteiger partial charge in [0.15, 0.2) is 0 Å². The number of rotatable bonds is 3. The normalized spacial score (nSPS) is 9.42. The summed E-state index contributed by atoms with van der Waals surface area (Å²) in [6, 6.07) is 8.02. The first kappa shape index (κ1) is 8.72. The minimum Gasteiger partial charge on any atom is -0.305 e. The van der Waals surface area contributed by atoms with Crippen molar-refractivity contribution in [3.05, 3.63) is 48.0 Å². The maximum Gasteiger partial charge on any atom is 0.0355 e. The lowest BCUT2D eigenvalue weighted by Gasteiger charge is -1.99. The molecule has 0 saturated carbocycles. The Kier molecular flexibility index (Phi) is 2.81. The Morgan fingerprint density at radius 2 is 2.00 bits per heavy atom. The van der Waals surface area contributed by atoms with Crippen LogP contribution in [0.2, 0.25) is 0 Å². The van der Waals surface area contributed by atoms with E-state index >= 15 is 0 Å². The Balaban J connectivity index is 2.85. The number of benzene rings is 1. The quantitative estimate of drug-likeness (QED) is 0.518. The molecule has 0 aliphatic heterocycles. The molecule has 0 radical (unpaired) electrons. The second-order valence-corrected chi connectivity index (χ2v) is 2.81. The molecule has 0 saturated heterocycles. The lowest BCUT2D eigenvalue weighted by molar-refractivity contribution is 1.27. The predicted molar refractivity (Wildman–Crippen MR) is 52.8 cm³/mol. The molecule has 0 atom stereocenters. The van der Waals surface area contributed by atoms with Gasteiger partial charge in [0.05, 0.1) is 0 Å². The highest BCUT2D eigenvalue weighted by molar-refractivity contribution is 5.96. The molecule has 0 fully saturated rings. The van der Waals surface area contributed by atoms with Crippen LogP contribution in [0.5, 0.6) is 0 Å². The number of nitrogens with one attached hydrogen (secondary N) is 1. The fourth-order valence-electron chi connectivity index (χ4n) is 1.06. The Morgan fingerprint density at radius 3 is 2.42 bits per heavy atom. The fraction of sp³-hybridized carbons (Fsp3) is 0.182. The van der Waals surface area contributed by atoms with E-state index < -0.39 is 0 Å². The zero-order valence-corrected chi connectivity index (χ0v) is 7.30. The van der Waals surface area contributed by atoms with Gasteiger partial charge in [-0.05, 0) is 24.5 Å². The molecule has 0 unspecified atom stereocenters. The van der Waals surface area contributed by atoms with Crippen molar-refractivity contribution in [2.75, 3.05) is 0 Å². The van der Waals surface area contributed by atoms with Gasteiger partial charge in [-0.25, -0.2) is 0 Å². The van der Waals surface area contributed by atoms with Crippen molar-refractivity contribution in [2.45, 2.75) is 13.3 Å². The van der Waals surface area contributed by atoms with Gasteiger partial charge >= 0.3 is 0 Å². The van der Waals surface area contributed by atoms with Crippen LogP contribution in [-0.2, 0) is 6.42 Å². The topological polar surface area (TPSA) is 23.9 Å². The van der Waals surface area contributed by atoms with Crippen LogP contribution in [-0.4, -0.2) is 5.71 Å². The fourth-order valence-corrected chi connectivity index (χ4v) is 1.06. The average molecular weight is 159 g/mol. The third-order valence-electron chi connectivity index (χ3n) is 1.77. The van der Waals surface area contributed by atoms with E-state index in [1.165, 1.54) is 5.56 Å². The van der Waals surface area contributed by atoms with Crippen LogP contribution < -0.4 is 0 Å². The Morgan fingerprint density at radius 1 is 1.42 bits per heavy atom. The molecule has 0 heterocycles. The zero-order valence-electron chi connectivity index (χ0n) is 7.30. The standard InChI is InChI=1S/C11H13N/c1-3-4-10-5-7-11(8-6-10)9(2)12/h3,5-8,12H,1,4H2,2H3. The van der Waals surface area contributed by atoms with Crippen LogP contribution in [0.1, 0.15) is 18.1 Å². The van der Waals surface area contributed by atoms with Gasteiger partial charge in [-0.2, -0.15) is 0 Å². The summed E-state index contributed by atoms with van der Waals surface area (Å²) in [5.41, 5.74) is 2.85. The molecular weight excluding hydrogens is 146 g/mol. The molecule has 0 spiro atoms. The number of allylic oxidation sites excluding steroid dienone is 1. The first-order valence-corrected chi connectivity index (χ1v) is 3.99. The summed E-state index contributed by atoms with van der Waals surface area (Å²) < 4.78 is 0. The number of hydrogen-bond acceptors (Lipinski definition) is 1. The maximum absolute atomic E-state index is 7.39. The summed E-state index contributed by atoms with van der Waals surface area (Å²) >= 11 is 0. The molecule has 0 aliphatic carbocycles.